The first-order valence-electron chi connectivity index (χ1n) is 2.50. The largest absolute Gasteiger partial charge is 0.365 e. The summed E-state index contributed by atoms with van der Waals surface area (Å²) in [5, 5.41) is 0. The first-order valence-corrected chi connectivity index (χ1v) is 2.50. The van der Waals surface area contributed by atoms with E-state index in [9.17, 15) is 0 Å². The van der Waals surface area contributed by atoms with E-state index in [0.717, 1.165) is 5.69 Å². The van der Waals surface area contributed by atoms with Crippen LogP contribution in [0, 0.1) is 0 Å². The van der Waals surface area contributed by atoms with E-state index >= 15 is 0 Å². The third kappa shape index (κ3) is 0.364. The summed E-state index contributed by atoms with van der Waals surface area (Å²) >= 11 is 0. The molecule has 0 aliphatic carbocycles. The van der Waals surface area contributed by atoms with Crippen LogP contribution < -0.4 is 5.48 Å². The SMILES string of the molecule is c1[nH]cc2c1CON2. The molecule has 2 N–H and O–H groups in total. The number of fused-ring (bicyclic) bond motifs is 1. The molecule has 0 aromatic carbocycles. The smallest absolute Gasteiger partial charge is 0.103 e. The van der Waals surface area contributed by atoms with E-state index in [1.165, 1.54) is 5.56 Å². The van der Waals surface area contributed by atoms with Gasteiger partial charge in [-0.15, -0.1) is 0 Å². The number of hydrogen-bond acceptors (Lipinski definition) is 2. The highest BCUT2D eigenvalue weighted by Crippen LogP contribution is 2.20. The standard InChI is InChI=1S/C5H6N2O/c1-4-3-8-7-5(4)2-6-1/h1-2,6-7H,3H2. The second-order valence-electron chi connectivity index (χ2n) is 1.78. The van der Waals surface area contributed by atoms with Gasteiger partial charge in [-0.2, -0.15) is 0 Å². The fourth-order valence-electron chi connectivity index (χ4n) is 0.802. The lowest BCUT2D eigenvalue weighted by atomic mass is 10.3. The lowest BCUT2D eigenvalue weighted by molar-refractivity contribution is 0.201. The Morgan fingerprint density at radius 1 is 1.50 bits per heavy atom. The van der Waals surface area contributed by atoms with Gasteiger partial charge in [0.2, 0.25) is 0 Å². The quantitative estimate of drug-likeness (QED) is 0.520. The lowest BCUT2D eigenvalue weighted by Crippen LogP contribution is -1.86. The summed E-state index contributed by atoms with van der Waals surface area (Å²) in [5.41, 5.74) is 5.01. The average molecular weight is 110 g/mol. The Kier molecular flexibility index (Phi) is 0.625. The predicted octanol–water partition coefficient (Wildman–Crippen LogP) is 0.872. The second-order valence-corrected chi connectivity index (χ2v) is 1.78. The summed E-state index contributed by atoms with van der Waals surface area (Å²) in [6.07, 6.45) is 3.80. The number of H-pyrrole nitrogens is 1. The minimum absolute atomic E-state index is 0.679. The maximum Gasteiger partial charge on any atom is 0.103 e. The van der Waals surface area contributed by atoms with Crippen molar-refractivity contribution in [1.29, 1.82) is 0 Å². The molecule has 1 aliphatic rings. The van der Waals surface area contributed by atoms with Crippen LogP contribution in [0.1, 0.15) is 5.56 Å². The molecule has 42 valence electrons. The molecule has 0 spiro atoms. The van der Waals surface area contributed by atoms with Crippen LogP contribution in [0.3, 0.4) is 0 Å². The number of hydrogen-bond donors (Lipinski definition) is 2. The van der Waals surface area contributed by atoms with Gasteiger partial charge in [0.15, 0.2) is 0 Å². The summed E-state index contributed by atoms with van der Waals surface area (Å²) in [6.45, 7) is 0.679. The number of aromatic nitrogens is 1. The maximum absolute atomic E-state index is 4.88. The fraction of sp³-hybridized carbons (Fsp3) is 0.200. The molecule has 1 aromatic heterocycles. The molecule has 0 unspecified atom stereocenters. The maximum atomic E-state index is 4.88. The zero-order chi connectivity index (χ0) is 5.40. The minimum atomic E-state index is 0.679. The van der Waals surface area contributed by atoms with Crippen LogP contribution in [0.4, 0.5) is 5.69 Å². The molecule has 2 heterocycles. The van der Waals surface area contributed by atoms with Crippen LogP contribution >= 0.6 is 0 Å². The molecule has 3 nitrogen and oxygen atoms in total. The normalized spacial score (nSPS) is 15.5. The van der Waals surface area contributed by atoms with Crippen LogP contribution in [0.25, 0.3) is 0 Å². The topological polar surface area (TPSA) is 37.0 Å². The van der Waals surface area contributed by atoms with Gasteiger partial charge >= 0.3 is 0 Å². The van der Waals surface area contributed by atoms with Crippen LogP contribution in [-0.2, 0) is 11.4 Å². The zero-order valence-corrected chi connectivity index (χ0v) is 4.27. The van der Waals surface area contributed by atoms with Crippen LogP contribution in [0.2, 0.25) is 0 Å². The third-order valence-electron chi connectivity index (χ3n) is 1.24. The van der Waals surface area contributed by atoms with E-state index < -0.39 is 0 Å². The molecule has 8 heavy (non-hydrogen) atoms. The van der Waals surface area contributed by atoms with Crippen molar-refractivity contribution in [2.24, 2.45) is 0 Å². The molecule has 0 radical (unpaired) electrons. The molecule has 0 bridgehead atoms. The molecule has 2 rings (SSSR count). The number of anilines is 1. The highest BCUT2D eigenvalue weighted by atomic mass is 16.6. The highest BCUT2D eigenvalue weighted by molar-refractivity contribution is 5.49. The Labute approximate surface area is 46.6 Å². The molecule has 0 atom stereocenters. The van der Waals surface area contributed by atoms with E-state index in [1.807, 2.05) is 12.4 Å². The van der Waals surface area contributed by atoms with E-state index in [1.54, 1.807) is 0 Å². The Hall–Kier alpha value is -0.960. The molecule has 0 fully saturated rings. The van der Waals surface area contributed by atoms with E-state index in [-0.39, 0.29) is 0 Å². The van der Waals surface area contributed by atoms with Crippen LogP contribution in [-0.4, -0.2) is 4.98 Å². The second kappa shape index (κ2) is 1.26. The summed E-state index contributed by atoms with van der Waals surface area (Å²) in [6, 6.07) is 0. The van der Waals surface area contributed by atoms with Crippen molar-refractivity contribution < 1.29 is 4.84 Å². The minimum Gasteiger partial charge on any atom is -0.365 e. The predicted molar refractivity (Wildman–Crippen MR) is 29.2 cm³/mol. The van der Waals surface area contributed by atoms with Gasteiger partial charge < -0.3 is 4.98 Å². The van der Waals surface area contributed by atoms with Gasteiger partial charge in [-0.25, -0.2) is 0 Å². The molecular weight excluding hydrogens is 104 g/mol. The Morgan fingerprint density at radius 2 is 2.50 bits per heavy atom. The van der Waals surface area contributed by atoms with E-state index in [2.05, 4.69) is 10.5 Å². The van der Waals surface area contributed by atoms with Gasteiger partial charge in [0.1, 0.15) is 6.61 Å². The summed E-state index contributed by atoms with van der Waals surface area (Å²) in [4.78, 5) is 7.84. The van der Waals surface area contributed by atoms with Crippen LogP contribution in [0.5, 0.6) is 0 Å². The van der Waals surface area contributed by atoms with E-state index in [0.29, 0.717) is 6.61 Å². The first-order chi connectivity index (χ1) is 3.97. The Balaban J connectivity index is 2.54. The Bertz CT molecular complexity index is 176. The third-order valence-corrected chi connectivity index (χ3v) is 1.24. The van der Waals surface area contributed by atoms with Crippen molar-refractivity contribution in [3.63, 3.8) is 0 Å². The van der Waals surface area contributed by atoms with Crippen molar-refractivity contribution in [1.82, 2.24) is 4.98 Å². The first kappa shape index (κ1) is 3.97. The molecule has 1 aromatic rings. The molecule has 0 amide bonds. The van der Waals surface area contributed by atoms with E-state index in [4.69, 9.17) is 4.84 Å². The van der Waals surface area contributed by atoms with Crippen molar-refractivity contribution >= 4 is 5.69 Å². The lowest BCUT2D eigenvalue weighted by Gasteiger charge is -1.87. The van der Waals surface area contributed by atoms with Crippen molar-refractivity contribution in [3.05, 3.63) is 18.0 Å². The number of nitrogens with one attached hydrogen (secondary N) is 2. The van der Waals surface area contributed by atoms with Gasteiger partial charge in [-0.05, 0) is 0 Å². The number of rotatable bonds is 0. The molecule has 1 aliphatic heterocycles. The van der Waals surface area contributed by atoms with Crippen molar-refractivity contribution in [3.8, 4) is 0 Å². The van der Waals surface area contributed by atoms with Crippen LogP contribution in [0.15, 0.2) is 12.4 Å². The van der Waals surface area contributed by atoms with Gasteiger partial charge in [-0.3, -0.25) is 10.3 Å². The summed E-state index contributed by atoms with van der Waals surface area (Å²) < 4.78 is 0. The molecule has 3 heteroatoms. The molecular formula is C5H6N2O. The van der Waals surface area contributed by atoms with Gasteiger partial charge in [-0.1, -0.05) is 0 Å². The summed E-state index contributed by atoms with van der Waals surface area (Å²) in [7, 11) is 0. The Morgan fingerprint density at radius 3 is 3.38 bits per heavy atom. The van der Waals surface area contributed by atoms with Gasteiger partial charge in [0.25, 0.3) is 0 Å². The van der Waals surface area contributed by atoms with Gasteiger partial charge in [0, 0.05) is 18.0 Å². The fourth-order valence-corrected chi connectivity index (χ4v) is 0.802. The van der Waals surface area contributed by atoms with Crippen molar-refractivity contribution in [2.45, 2.75) is 6.61 Å². The monoisotopic (exact) mass is 110 g/mol. The highest BCUT2D eigenvalue weighted by Gasteiger charge is 2.09. The zero-order valence-electron chi connectivity index (χ0n) is 4.27. The number of aromatic amines is 1. The average Bonchev–Trinajstić information content (AvgIpc) is 2.15. The molecule has 0 saturated heterocycles. The van der Waals surface area contributed by atoms with Crippen molar-refractivity contribution in [2.75, 3.05) is 5.48 Å². The summed E-state index contributed by atoms with van der Waals surface area (Å²) in [5.74, 6) is 0. The van der Waals surface area contributed by atoms with Gasteiger partial charge in [0.05, 0.1) is 5.69 Å². The molecule has 0 saturated carbocycles.